The molecule has 30 heavy (non-hydrogen) atoms. The average Bonchev–Trinajstić information content (AvgIpc) is 2.76. The molecule has 1 aliphatic heterocycles. The Morgan fingerprint density at radius 1 is 0.833 bits per heavy atom. The van der Waals surface area contributed by atoms with Crippen LogP contribution in [0.25, 0.3) is 44.2 Å². The van der Waals surface area contributed by atoms with E-state index < -0.39 is 0 Å². The molecule has 0 amide bonds. The maximum atomic E-state index is 8.04. The number of nitrogens with zero attached hydrogens (tertiary/aromatic N) is 1. The first kappa shape index (κ1) is 18.3. The maximum absolute atomic E-state index is 8.04. The summed E-state index contributed by atoms with van der Waals surface area (Å²) in [5.41, 5.74) is 5.13. The van der Waals surface area contributed by atoms with Gasteiger partial charge < -0.3 is 19.5 Å². The van der Waals surface area contributed by atoms with Crippen molar-refractivity contribution in [1.82, 2.24) is 0 Å². The fourth-order valence-electron chi connectivity index (χ4n) is 3.97. The molecule has 148 valence electrons. The molecular weight excluding hydrogens is 372 g/mol. The predicted molar refractivity (Wildman–Crippen MR) is 123 cm³/mol. The van der Waals surface area contributed by atoms with E-state index in [4.69, 9.17) is 14.6 Å². The standard InChI is InChI=1S/C26H22N2O2/c1-28(2)20-8-11-23-25(15-20)30-24-14-19(27)7-10-22(24)26(23)18-5-4-17-13-21(29-3)9-6-16(17)12-18/h4-15,27H,1-3H3. The van der Waals surface area contributed by atoms with Crippen molar-refractivity contribution in [1.29, 1.82) is 5.41 Å². The molecule has 4 heteroatoms. The molecule has 4 nitrogen and oxygen atoms in total. The molecule has 3 aromatic carbocycles. The lowest BCUT2D eigenvalue weighted by Crippen LogP contribution is -2.08. The van der Waals surface area contributed by atoms with E-state index in [9.17, 15) is 0 Å². The van der Waals surface area contributed by atoms with Gasteiger partial charge in [-0.2, -0.15) is 0 Å². The van der Waals surface area contributed by atoms with Gasteiger partial charge in [0.1, 0.15) is 17.1 Å². The van der Waals surface area contributed by atoms with Crippen LogP contribution >= 0.6 is 0 Å². The molecule has 3 aromatic rings. The van der Waals surface area contributed by atoms with Crippen LogP contribution in [0.5, 0.6) is 5.75 Å². The molecule has 1 aliphatic carbocycles. The van der Waals surface area contributed by atoms with Crippen molar-refractivity contribution < 1.29 is 9.15 Å². The number of nitrogens with one attached hydrogen (secondary N) is 1. The zero-order valence-electron chi connectivity index (χ0n) is 17.2. The predicted octanol–water partition coefficient (Wildman–Crippen LogP) is 5.91. The molecule has 0 radical (unpaired) electrons. The van der Waals surface area contributed by atoms with E-state index in [1.54, 1.807) is 13.2 Å². The fourth-order valence-corrected chi connectivity index (χ4v) is 3.97. The van der Waals surface area contributed by atoms with Crippen molar-refractivity contribution in [2.45, 2.75) is 0 Å². The van der Waals surface area contributed by atoms with E-state index in [1.807, 2.05) is 38.4 Å². The molecular formula is C26H22N2O2. The van der Waals surface area contributed by atoms with Crippen molar-refractivity contribution >= 4 is 27.4 Å². The lowest BCUT2D eigenvalue weighted by Gasteiger charge is -2.18. The van der Waals surface area contributed by atoms with Crippen LogP contribution in [-0.4, -0.2) is 21.2 Å². The summed E-state index contributed by atoms with van der Waals surface area (Å²) in [6.45, 7) is 0. The van der Waals surface area contributed by atoms with E-state index in [-0.39, 0.29) is 0 Å². The van der Waals surface area contributed by atoms with E-state index in [1.165, 1.54) is 0 Å². The third-order valence-electron chi connectivity index (χ3n) is 5.56. The molecule has 5 rings (SSSR count). The van der Waals surface area contributed by atoms with Gasteiger partial charge in [-0.25, -0.2) is 0 Å². The Kier molecular flexibility index (Phi) is 4.21. The second-order valence-electron chi connectivity index (χ2n) is 7.69. The quantitative estimate of drug-likeness (QED) is 0.387. The Labute approximate surface area is 174 Å². The minimum atomic E-state index is 0.436. The Hall–Kier alpha value is -3.79. The third-order valence-corrected chi connectivity index (χ3v) is 5.56. The fraction of sp³-hybridized carbons (Fsp3) is 0.115. The molecule has 0 saturated heterocycles. The highest BCUT2D eigenvalue weighted by atomic mass is 16.5. The van der Waals surface area contributed by atoms with Gasteiger partial charge in [0.2, 0.25) is 0 Å². The second-order valence-corrected chi connectivity index (χ2v) is 7.69. The minimum absolute atomic E-state index is 0.436. The van der Waals surface area contributed by atoms with Gasteiger partial charge in [-0.3, -0.25) is 0 Å². The molecule has 0 atom stereocenters. The molecule has 0 aromatic heterocycles. The Bertz CT molecular complexity index is 1430. The van der Waals surface area contributed by atoms with Crippen LogP contribution in [-0.2, 0) is 0 Å². The zero-order chi connectivity index (χ0) is 20.8. The number of benzene rings is 4. The largest absolute Gasteiger partial charge is 0.497 e. The van der Waals surface area contributed by atoms with Crippen LogP contribution in [0.1, 0.15) is 0 Å². The van der Waals surface area contributed by atoms with Crippen molar-refractivity contribution in [2.75, 3.05) is 26.1 Å². The molecule has 0 saturated carbocycles. The summed E-state index contributed by atoms with van der Waals surface area (Å²) in [5, 5.41) is 11.8. The molecule has 2 aliphatic rings. The second kappa shape index (κ2) is 6.92. The van der Waals surface area contributed by atoms with Gasteiger partial charge >= 0.3 is 0 Å². The molecule has 0 spiro atoms. The van der Waals surface area contributed by atoms with Crippen molar-refractivity contribution in [3.8, 4) is 28.2 Å². The Morgan fingerprint density at radius 2 is 1.63 bits per heavy atom. The number of methoxy groups -OCH3 is 1. The summed E-state index contributed by atoms with van der Waals surface area (Å²) in [6, 6.07) is 24.5. The number of hydrogen-bond donors (Lipinski definition) is 1. The minimum Gasteiger partial charge on any atom is -0.497 e. The van der Waals surface area contributed by atoms with Gasteiger partial charge in [-0.1, -0.05) is 18.2 Å². The van der Waals surface area contributed by atoms with Crippen LogP contribution in [0.15, 0.2) is 77.2 Å². The zero-order valence-corrected chi connectivity index (χ0v) is 17.2. The van der Waals surface area contributed by atoms with E-state index in [0.717, 1.165) is 55.6 Å². The highest BCUT2D eigenvalue weighted by Gasteiger charge is 2.17. The molecule has 0 unspecified atom stereocenters. The van der Waals surface area contributed by atoms with E-state index in [0.29, 0.717) is 5.36 Å². The molecule has 0 bridgehead atoms. The summed E-state index contributed by atoms with van der Waals surface area (Å²) >= 11 is 0. The van der Waals surface area contributed by atoms with Crippen LogP contribution in [0.3, 0.4) is 0 Å². The SMILES string of the molecule is COc1ccc2cc(-c3c4ccc(=N)cc-4oc4cc(N(C)C)ccc34)ccc2c1. The first-order valence-electron chi connectivity index (χ1n) is 9.84. The molecule has 1 heterocycles. The number of anilines is 1. The van der Waals surface area contributed by atoms with Crippen molar-refractivity contribution in [3.63, 3.8) is 0 Å². The van der Waals surface area contributed by atoms with E-state index >= 15 is 0 Å². The van der Waals surface area contributed by atoms with Crippen LogP contribution in [0.2, 0.25) is 0 Å². The third kappa shape index (κ3) is 2.98. The summed E-state index contributed by atoms with van der Waals surface area (Å²) in [7, 11) is 5.72. The number of rotatable bonds is 3. The number of fused-ring (bicyclic) bond motifs is 3. The Balaban J connectivity index is 1.84. The lowest BCUT2D eigenvalue weighted by molar-refractivity contribution is 0.415. The monoisotopic (exact) mass is 394 g/mol. The first-order valence-corrected chi connectivity index (χ1v) is 9.84. The summed E-state index contributed by atoms with van der Waals surface area (Å²) in [4.78, 5) is 2.06. The van der Waals surface area contributed by atoms with Crippen LogP contribution < -0.4 is 15.0 Å². The molecule has 0 fully saturated rings. The van der Waals surface area contributed by atoms with Crippen LogP contribution in [0.4, 0.5) is 5.69 Å². The van der Waals surface area contributed by atoms with Crippen molar-refractivity contribution in [2.24, 2.45) is 0 Å². The number of hydrogen-bond acceptors (Lipinski definition) is 4. The summed E-state index contributed by atoms with van der Waals surface area (Å²) in [5.74, 6) is 1.57. The lowest BCUT2D eigenvalue weighted by atomic mass is 9.92. The van der Waals surface area contributed by atoms with Gasteiger partial charge in [-0.15, -0.1) is 0 Å². The normalized spacial score (nSPS) is 11.3. The van der Waals surface area contributed by atoms with Gasteiger partial charge in [-0.05, 0) is 58.8 Å². The topological polar surface area (TPSA) is 49.5 Å². The first-order chi connectivity index (χ1) is 14.5. The van der Waals surface area contributed by atoms with Gasteiger partial charge in [0.05, 0.1) is 12.5 Å². The summed E-state index contributed by atoms with van der Waals surface area (Å²) < 4.78 is 11.6. The van der Waals surface area contributed by atoms with Gasteiger partial charge in [0.25, 0.3) is 0 Å². The highest BCUT2D eigenvalue weighted by molar-refractivity contribution is 6.04. The van der Waals surface area contributed by atoms with Gasteiger partial charge in [0, 0.05) is 48.4 Å². The maximum Gasteiger partial charge on any atom is 0.137 e. The van der Waals surface area contributed by atoms with Crippen molar-refractivity contribution in [3.05, 3.63) is 78.2 Å². The van der Waals surface area contributed by atoms with Gasteiger partial charge in [0.15, 0.2) is 0 Å². The smallest absolute Gasteiger partial charge is 0.137 e. The van der Waals surface area contributed by atoms with Crippen LogP contribution in [0, 0.1) is 5.41 Å². The number of ether oxygens (including phenoxy) is 1. The summed E-state index contributed by atoms with van der Waals surface area (Å²) in [6.07, 6.45) is 0. The van der Waals surface area contributed by atoms with E-state index in [2.05, 4.69) is 47.4 Å². The molecule has 1 N–H and O–H groups in total. The average molecular weight is 394 g/mol. The Morgan fingerprint density at radius 3 is 2.43 bits per heavy atom. The highest BCUT2D eigenvalue weighted by Crippen LogP contribution is 2.41.